The molecule has 0 amide bonds. The van der Waals surface area contributed by atoms with E-state index in [0.717, 1.165) is 16.7 Å². The maximum absolute atomic E-state index is 12.2. The van der Waals surface area contributed by atoms with Gasteiger partial charge in [0.05, 0.1) is 0 Å². The van der Waals surface area contributed by atoms with Gasteiger partial charge in [0, 0.05) is 22.1 Å². The first-order valence-electron chi connectivity index (χ1n) is 8.13. The van der Waals surface area contributed by atoms with E-state index in [-0.39, 0.29) is 16.6 Å². The van der Waals surface area contributed by atoms with Crippen molar-refractivity contribution in [3.8, 4) is 5.75 Å². The molecule has 3 heteroatoms. The van der Waals surface area contributed by atoms with Gasteiger partial charge in [-0.3, -0.25) is 4.79 Å². The molecule has 0 aliphatic rings. The summed E-state index contributed by atoms with van der Waals surface area (Å²) in [6.45, 7) is 12.5. The minimum absolute atomic E-state index is 0.000979. The average Bonchev–Trinajstić information content (AvgIpc) is 2.97. The van der Waals surface area contributed by atoms with Gasteiger partial charge in [0.15, 0.2) is 5.78 Å². The number of phenols is 1. The summed E-state index contributed by atoms with van der Waals surface area (Å²) in [5.74, 6) is 0.357. The Hall–Kier alpha value is -1.87. The second kappa shape index (κ2) is 6.56. The lowest BCUT2D eigenvalue weighted by atomic mass is 9.78. The predicted octanol–water partition coefficient (Wildman–Crippen LogP) is 5.94. The Kier molecular flexibility index (Phi) is 5.05. The highest BCUT2D eigenvalue weighted by Gasteiger charge is 2.26. The quantitative estimate of drug-likeness (QED) is 0.553. The van der Waals surface area contributed by atoms with Crippen molar-refractivity contribution in [1.29, 1.82) is 0 Å². The Morgan fingerprint density at radius 1 is 1.04 bits per heavy atom. The molecule has 0 spiro atoms. The van der Waals surface area contributed by atoms with Crippen molar-refractivity contribution < 1.29 is 9.90 Å². The van der Waals surface area contributed by atoms with Crippen LogP contribution in [-0.2, 0) is 10.8 Å². The fraction of sp³-hybridized carbons (Fsp3) is 0.381. The third-order valence-electron chi connectivity index (χ3n) is 3.98. The molecule has 2 nitrogen and oxygen atoms in total. The molecule has 2 aromatic rings. The Labute approximate surface area is 148 Å². The number of carbonyl (C=O) groups is 1. The number of benzene rings is 1. The number of hydrogen-bond donors (Lipinski definition) is 1. The van der Waals surface area contributed by atoms with E-state index in [0.29, 0.717) is 11.3 Å². The van der Waals surface area contributed by atoms with Gasteiger partial charge in [0.2, 0.25) is 0 Å². The van der Waals surface area contributed by atoms with Crippen LogP contribution in [0.15, 0.2) is 35.0 Å². The summed E-state index contributed by atoms with van der Waals surface area (Å²) in [6, 6.07) is 5.78. The fourth-order valence-corrected chi connectivity index (χ4v) is 3.21. The Balaban J connectivity index is 2.49. The van der Waals surface area contributed by atoms with Gasteiger partial charge < -0.3 is 5.11 Å². The topological polar surface area (TPSA) is 37.3 Å². The van der Waals surface area contributed by atoms with Gasteiger partial charge in [-0.25, -0.2) is 0 Å². The van der Waals surface area contributed by atoms with E-state index in [4.69, 9.17) is 0 Å². The van der Waals surface area contributed by atoms with E-state index in [1.165, 1.54) is 11.3 Å². The minimum atomic E-state index is -0.175. The third-order valence-corrected chi connectivity index (χ3v) is 4.66. The standard InChI is InChI=1S/C21H26O2S/c1-20(2,3)16-11-14(12-17(19(16)23)21(4,5)6)7-8-18(22)15-9-10-24-13-15/h7-13,23H,1-6H3/b8-7+. The number of allylic oxidation sites excluding steroid dienone is 1. The molecule has 1 heterocycles. The summed E-state index contributed by atoms with van der Waals surface area (Å²) in [6.07, 6.45) is 3.44. The highest BCUT2D eigenvalue weighted by atomic mass is 32.1. The fourth-order valence-electron chi connectivity index (χ4n) is 2.57. The van der Waals surface area contributed by atoms with Crippen molar-refractivity contribution in [1.82, 2.24) is 0 Å². The molecule has 1 N–H and O–H groups in total. The second-order valence-corrected chi connectivity index (χ2v) is 8.95. The normalized spacial score (nSPS) is 12.8. The van der Waals surface area contributed by atoms with Crippen LogP contribution in [0.4, 0.5) is 0 Å². The molecule has 0 saturated heterocycles. The summed E-state index contributed by atoms with van der Waals surface area (Å²) >= 11 is 1.52. The van der Waals surface area contributed by atoms with Crippen molar-refractivity contribution in [3.05, 3.63) is 57.3 Å². The van der Waals surface area contributed by atoms with E-state index in [1.807, 2.05) is 35.0 Å². The van der Waals surface area contributed by atoms with E-state index >= 15 is 0 Å². The zero-order valence-corrected chi connectivity index (χ0v) is 16.1. The maximum atomic E-state index is 12.2. The van der Waals surface area contributed by atoms with Crippen molar-refractivity contribution in [2.24, 2.45) is 0 Å². The second-order valence-electron chi connectivity index (χ2n) is 8.17. The van der Waals surface area contributed by atoms with Crippen LogP contribution >= 0.6 is 11.3 Å². The van der Waals surface area contributed by atoms with Crippen LogP contribution in [0.25, 0.3) is 6.08 Å². The monoisotopic (exact) mass is 342 g/mol. The lowest BCUT2D eigenvalue weighted by molar-refractivity contribution is 0.104. The molecule has 0 atom stereocenters. The van der Waals surface area contributed by atoms with Crippen LogP contribution in [0.1, 0.15) is 68.6 Å². The first kappa shape index (κ1) is 18.5. The first-order chi connectivity index (χ1) is 11.0. The highest BCUT2D eigenvalue weighted by Crippen LogP contribution is 2.40. The Morgan fingerprint density at radius 2 is 1.58 bits per heavy atom. The molecule has 2 rings (SSSR count). The zero-order valence-electron chi connectivity index (χ0n) is 15.3. The first-order valence-corrected chi connectivity index (χ1v) is 9.07. The van der Waals surface area contributed by atoms with Crippen LogP contribution in [0.5, 0.6) is 5.75 Å². The largest absolute Gasteiger partial charge is 0.507 e. The van der Waals surface area contributed by atoms with Crippen molar-refractivity contribution >= 4 is 23.2 Å². The zero-order chi connectivity index (χ0) is 18.1. The average molecular weight is 343 g/mol. The van der Waals surface area contributed by atoms with Crippen LogP contribution in [-0.4, -0.2) is 10.9 Å². The van der Waals surface area contributed by atoms with Gasteiger partial charge >= 0.3 is 0 Å². The molecular formula is C21H26O2S. The van der Waals surface area contributed by atoms with Crippen LogP contribution in [0.2, 0.25) is 0 Å². The number of carbonyl (C=O) groups excluding carboxylic acids is 1. The van der Waals surface area contributed by atoms with E-state index in [9.17, 15) is 9.90 Å². The molecular weight excluding hydrogens is 316 g/mol. The van der Waals surface area contributed by atoms with E-state index < -0.39 is 0 Å². The number of hydrogen-bond acceptors (Lipinski definition) is 3. The number of thiophene rings is 1. The molecule has 0 unspecified atom stereocenters. The van der Waals surface area contributed by atoms with Gasteiger partial charge in [-0.2, -0.15) is 11.3 Å². The molecule has 1 aromatic carbocycles. The number of phenolic OH excluding ortho intramolecular Hbond substituents is 1. The van der Waals surface area contributed by atoms with Crippen molar-refractivity contribution in [3.63, 3.8) is 0 Å². The molecule has 0 fully saturated rings. The molecule has 0 saturated carbocycles. The molecule has 0 bridgehead atoms. The van der Waals surface area contributed by atoms with Gasteiger partial charge in [-0.05, 0) is 46.0 Å². The maximum Gasteiger partial charge on any atom is 0.186 e. The summed E-state index contributed by atoms with van der Waals surface area (Å²) in [4.78, 5) is 12.2. The van der Waals surface area contributed by atoms with Gasteiger partial charge in [-0.1, -0.05) is 47.6 Å². The van der Waals surface area contributed by atoms with Gasteiger partial charge in [0.25, 0.3) is 0 Å². The predicted molar refractivity (Wildman–Crippen MR) is 103 cm³/mol. The van der Waals surface area contributed by atoms with E-state index in [2.05, 4.69) is 41.5 Å². The summed E-state index contributed by atoms with van der Waals surface area (Å²) in [5, 5.41) is 14.5. The third kappa shape index (κ3) is 4.15. The van der Waals surface area contributed by atoms with Gasteiger partial charge in [0.1, 0.15) is 5.75 Å². The van der Waals surface area contributed by atoms with Crippen molar-refractivity contribution in [2.45, 2.75) is 52.4 Å². The molecule has 0 aliphatic heterocycles. The lowest BCUT2D eigenvalue weighted by Crippen LogP contribution is -2.17. The SMILES string of the molecule is CC(C)(C)c1cc(/C=C/C(=O)c2ccsc2)cc(C(C)(C)C)c1O. The number of rotatable bonds is 3. The van der Waals surface area contributed by atoms with Crippen molar-refractivity contribution in [2.75, 3.05) is 0 Å². The molecule has 0 radical (unpaired) electrons. The number of aromatic hydroxyl groups is 1. The van der Waals surface area contributed by atoms with Crippen LogP contribution in [0.3, 0.4) is 0 Å². The number of ketones is 1. The minimum Gasteiger partial charge on any atom is -0.507 e. The van der Waals surface area contributed by atoms with Crippen LogP contribution < -0.4 is 0 Å². The Morgan fingerprint density at radius 3 is 2.00 bits per heavy atom. The molecule has 128 valence electrons. The summed E-state index contributed by atoms with van der Waals surface area (Å²) < 4.78 is 0. The van der Waals surface area contributed by atoms with E-state index in [1.54, 1.807) is 6.08 Å². The summed E-state index contributed by atoms with van der Waals surface area (Å²) in [5.41, 5.74) is 3.10. The molecule has 24 heavy (non-hydrogen) atoms. The molecule has 0 aliphatic carbocycles. The lowest BCUT2D eigenvalue weighted by Gasteiger charge is -2.27. The van der Waals surface area contributed by atoms with Gasteiger partial charge in [-0.15, -0.1) is 0 Å². The molecule has 1 aromatic heterocycles. The Bertz CT molecular complexity index is 719. The highest BCUT2D eigenvalue weighted by molar-refractivity contribution is 7.08. The smallest absolute Gasteiger partial charge is 0.186 e. The summed E-state index contributed by atoms with van der Waals surface area (Å²) in [7, 11) is 0. The van der Waals surface area contributed by atoms with Crippen LogP contribution in [0, 0.1) is 0 Å².